The van der Waals surface area contributed by atoms with Crippen molar-refractivity contribution < 1.29 is 0 Å². The van der Waals surface area contributed by atoms with E-state index in [1.54, 1.807) is 18.8 Å². The fourth-order valence-corrected chi connectivity index (χ4v) is 2.01. The maximum Gasteiger partial charge on any atom is 0.349 e. The molecule has 16 heavy (non-hydrogen) atoms. The summed E-state index contributed by atoms with van der Waals surface area (Å²) in [5, 5.41) is 0. The minimum absolute atomic E-state index is 0.144. The third-order valence-corrected chi connectivity index (χ3v) is 3.45. The molecule has 0 bridgehead atoms. The lowest BCUT2D eigenvalue weighted by Crippen LogP contribution is -2.23. The Kier molecular flexibility index (Phi) is 2.86. The van der Waals surface area contributed by atoms with E-state index in [0.29, 0.717) is 4.77 Å². The Labute approximate surface area is 106 Å². The second-order valence-corrected chi connectivity index (χ2v) is 4.71. The highest BCUT2D eigenvalue weighted by molar-refractivity contribution is 9.10. The quantitative estimate of drug-likeness (QED) is 0.755. The number of hydrogen-bond donors (Lipinski definition) is 0. The van der Waals surface area contributed by atoms with Gasteiger partial charge in [0.25, 0.3) is 0 Å². The lowest BCUT2D eigenvalue weighted by atomic mass is 10.3. The number of benzene rings is 1. The summed E-state index contributed by atoms with van der Waals surface area (Å²) in [6, 6.07) is 7.45. The van der Waals surface area contributed by atoms with Crippen LogP contribution in [0.5, 0.6) is 0 Å². The molecule has 0 aliphatic carbocycles. The second-order valence-electron chi connectivity index (χ2n) is 3.42. The van der Waals surface area contributed by atoms with Crippen molar-refractivity contribution in [2.45, 2.75) is 0 Å². The van der Waals surface area contributed by atoms with E-state index >= 15 is 0 Å². The van der Waals surface area contributed by atoms with Crippen LogP contribution in [0.1, 0.15) is 0 Å². The van der Waals surface area contributed by atoms with Crippen LogP contribution in [0, 0.1) is 4.77 Å². The fraction of sp³-hybridized carbons (Fsp3) is 0.200. The van der Waals surface area contributed by atoms with Crippen LogP contribution < -0.4 is 5.69 Å². The standard InChI is InChI=1S/C10H10BrN3OS/c1-12-9(15)14(10(16)13(12)2)8-5-3-7(11)4-6-8/h3-6H,1-2H3. The molecule has 0 N–H and O–H groups in total. The smallest absolute Gasteiger partial charge is 0.259 e. The zero-order chi connectivity index (χ0) is 11.9. The van der Waals surface area contributed by atoms with Gasteiger partial charge in [-0.3, -0.25) is 4.68 Å². The molecule has 0 radical (unpaired) electrons. The Morgan fingerprint density at radius 3 is 2.12 bits per heavy atom. The van der Waals surface area contributed by atoms with E-state index in [9.17, 15) is 4.79 Å². The van der Waals surface area contributed by atoms with E-state index < -0.39 is 0 Å². The molecule has 0 aliphatic heterocycles. The molecule has 0 atom stereocenters. The van der Waals surface area contributed by atoms with Crippen LogP contribution in [0.25, 0.3) is 5.69 Å². The van der Waals surface area contributed by atoms with Crippen LogP contribution in [0.3, 0.4) is 0 Å². The first-order valence-electron chi connectivity index (χ1n) is 4.63. The summed E-state index contributed by atoms with van der Waals surface area (Å²) in [6.45, 7) is 0. The Balaban J connectivity index is 2.75. The van der Waals surface area contributed by atoms with Crippen LogP contribution in [-0.2, 0) is 14.1 Å². The molecule has 1 heterocycles. The first-order chi connectivity index (χ1) is 7.52. The Bertz CT molecular complexity index is 602. The Hall–Kier alpha value is -1.14. The molecular weight excluding hydrogens is 290 g/mol. The molecule has 6 heteroatoms. The van der Waals surface area contributed by atoms with Crippen LogP contribution >= 0.6 is 28.1 Å². The maximum absolute atomic E-state index is 11.9. The number of nitrogens with zero attached hydrogens (tertiary/aromatic N) is 3. The number of hydrogen-bond acceptors (Lipinski definition) is 2. The minimum atomic E-state index is -0.144. The molecule has 1 aromatic carbocycles. The van der Waals surface area contributed by atoms with Crippen molar-refractivity contribution in [3.05, 3.63) is 44.0 Å². The van der Waals surface area contributed by atoms with E-state index in [2.05, 4.69) is 15.9 Å². The van der Waals surface area contributed by atoms with E-state index in [1.807, 2.05) is 24.3 Å². The van der Waals surface area contributed by atoms with Gasteiger partial charge in [-0.15, -0.1) is 0 Å². The molecular formula is C10H10BrN3OS. The monoisotopic (exact) mass is 299 g/mol. The summed E-state index contributed by atoms with van der Waals surface area (Å²) in [7, 11) is 3.45. The number of rotatable bonds is 1. The second kappa shape index (κ2) is 4.03. The average molecular weight is 300 g/mol. The molecule has 0 unspecified atom stereocenters. The normalized spacial score (nSPS) is 10.7. The molecule has 0 spiro atoms. The molecule has 1 aromatic heterocycles. The first-order valence-corrected chi connectivity index (χ1v) is 5.83. The minimum Gasteiger partial charge on any atom is -0.259 e. The Morgan fingerprint density at radius 2 is 1.69 bits per heavy atom. The van der Waals surface area contributed by atoms with E-state index in [4.69, 9.17) is 12.2 Å². The zero-order valence-corrected chi connectivity index (χ0v) is 11.2. The lowest BCUT2D eigenvalue weighted by Gasteiger charge is -1.99. The highest BCUT2D eigenvalue weighted by Crippen LogP contribution is 2.13. The first kappa shape index (κ1) is 11.3. The molecule has 4 nitrogen and oxygen atoms in total. The molecule has 84 valence electrons. The average Bonchev–Trinajstić information content (AvgIpc) is 2.46. The van der Waals surface area contributed by atoms with Gasteiger partial charge >= 0.3 is 5.69 Å². The Morgan fingerprint density at radius 1 is 1.12 bits per heavy atom. The molecule has 0 fully saturated rings. The molecule has 2 rings (SSSR count). The van der Waals surface area contributed by atoms with Gasteiger partial charge in [-0.2, -0.15) is 0 Å². The van der Waals surface area contributed by atoms with Gasteiger partial charge < -0.3 is 0 Å². The molecule has 2 aromatic rings. The van der Waals surface area contributed by atoms with Crippen molar-refractivity contribution >= 4 is 28.1 Å². The third-order valence-electron chi connectivity index (χ3n) is 2.47. The van der Waals surface area contributed by atoms with Gasteiger partial charge in [0.15, 0.2) is 0 Å². The third kappa shape index (κ3) is 1.68. The van der Waals surface area contributed by atoms with E-state index in [1.165, 1.54) is 9.25 Å². The van der Waals surface area contributed by atoms with E-state index in [0.717, 1.165) is 10.2 Å². The molecule has 0 aliphatic rings. The van der Waals surface area contributed by atoms with Gasteiger partial charge in [-0.05, 0) is 36.5 Å². The summed E-state index contributed by atoms with van der Waals surface area (Å²) < 4.78 is 6.07. The fourth-order valence-electron chi connectivity index (χ4n) is 1.44. The van der Waals surface area contributed by atoms with Gasteiger partial charge in [-0.1, -0.05) is 15.9 Å². The SMILES string of the molecule is Cn1c(=O)n(-c2ccc(Br)cc2)c(=S)n1C. The van der Waals surface area contributed by atoms with Crippen molar-refractivity contribution in [1.29, 1.82) is 0 Å². The maximum atomic E-state index is 11.9. The van der Waals surface area contributed by atoms with Crippen molar-refractivity contribution in [3.8, 4) is 5.69 Å². The number of aromatic nitrogens is 3. The summed E-state index contributed by atoms with van der Waals surface area (Å²) in [4.78, 5) is 11.9. The summed E-state index contributed by atoms with van der Waals surface area (Å²) >= 11 is 8.56. The predicted octanol–water partition coefficient (Wildman–Crippen LogP) is 2.01. The predicted molar refractivity (Wildman–Crippen MR) is 68.5 cm³/mol. The van der Waals surface area contributed by atoms with Crippen LogP contribution in [0.4, 0.5) is 0 Å². The number of halogens is 1. The lowest BCUT2D eigenvalue weighted by molar-refractivity contribution is 0.573. The van der Waals surface area contributed by atoms with Crippen molar-refractivity contribution in [3.63, 3.8) is 0 Å². The van der Waals surface area contributed by atoms with E-state index in [-0.39, 0.29) is 5.69 Å². The van der Waals surface area contributed by atoms with Gasteiger partial charge in [0.05, 0.1) is 5.69 Å². The van der Waals surface area contributed by atoms with Gasteiger partial charge in [0, 0.05) is 18.6 Å². The zero-order valence-electron chi connectivity index (χ0n) is 8.85. The topological polar surface area (TPSA) is 31.9 Å². The highest BCUT2D eigenvalue weighted by atomic mass is 79.9. The summed E-state index contributed by atoms with van der Waals surface area (Å²) in [6.07, 6.45) is 0. The molecule has 0 amide bonds. The van der Waals surface area contributed by atoms with Crippen LogP contribution in [-0.4, -0.2) is 13.9 Å². The van der Waals surface area contributed by atoms with Crippen molar-refractivity contribution in [1.82, 2.24) is 13.9 Å². The summed E-state index contributed by atoms with van der Waals surface area (Å²) in [5.74, 6) is 0. The van der Waals surface area contributed by atoms with Crippen molar-refractivity contribution in [2.24, 2.45) is 14.1 Å². The van der Waals surface area contributed by atoms with Crippen molar-refractivity contribution in [2.75, 3.05) is 0 Å². The van der Waals surface area contributed by atoms with Gasteiger partial charge in [0.1, 0.15) is 0 Å². The molecule has 0 saturated carbocycles. The highest BCUT2D eigenvalue weighted by Gasteiger charge is 2.08. The molecule has 0 saturated heterocycles. The van der Waals surface area contributed by atoms with Crippen LogP contribution in [0.2, 0.25) is 0 Å². The van der Waals surface area contributed by atoms with Crippen LogP contribution in [0.15, 0.2) is 33.5 Å². The summed E-state index contributed by atoms with van der Waals surface area (Å²) in [5.41, 5.74) is 0.629. The largest absolute Gasteiger partial charge is 0.349 e. The van der Waals surface area contributed by atoms with Gasteiger partial charge in [0.2, 0.25) is 4.77 Å². The van der Waals surface area contributed by atoms with Gasteiger partial charge in [-0.25, -0.2) is 14.0 Å².